The highest BCUT2D eigenvalue weighted by atomic mass is 16.6. The standard InChI is InChI=1S/C53H90O6/c1-4-7-10-13-16-18-20-22-24-26-27-28-30-31-33-35-37-40-43-46-52(55)58-49-50(48-57-51(54)45-42-39-15-12-9-6-3)59-53(56)47-44-41-38-36-34-32-29-25-23-21-19-17-14-11-8-5-2/h7,10,16,18,22,24,27-28,31,33,37,40,50H,4-6,8-9,11-15,17,19-21,23,25-26,29-30,32,34-36,38-39,41-49H2,1-3H3/b10-7-,18-16-,24-22-,28-27-,33-31-,40-37-. The fourth-order valence-electron chi connectivity index (χ4n) is 6.58. The molecule has 0 aromatic rings. The Bertz CT molecular complexity index is 1130. The van der Waals surface area contributed by atoms with E-state index in [0.717, 1.165) is 77.0 Å². The van der Waals surface area contributed by atoms with E-state index in [9.17, 15) is 14.4 Å². The van der Waals surface area contributed by atoms with Crippen molar-refractivity contribution in [1.29, 1.82) is 0 Å². The van der Waals surface area contributed by atoms with Gasteiger partial charge in [0, 0.05) is 19.3 Å². The van der Waals surface area contributed by atoms with Gasteiger partial charge in [-0.25, -0.2) is 0 Å². The molecule has 0 saturated carbocycles. The molecule has 0 radical (unpaired) electrons. The summed E-state index contributed by atoms with van der Waals surface area (Å²) in [7, 11) is 0. The van der Waals surface area contributed by atoms with Crippen LogP contribution < -0.4 is 0 Å². The smallest absolute Gasteiger partial charge is 0.306 e. The third-order valence-electron chi connectivity index (χ3n) is 10.2. The Kier molecular flexibility index (Phi) is 45.0. The van der Waals surface area contributed by atoms with Gasteiger partial charge in [-0.05, 0) is 57.8 Å². The number of esters is 3. The van der Waals surface area contributed by atoms with Crippen molar-refractivity contribution < 1.29 is 28.6 Å². The van der Waals surface area contributed by atoms with Crippen LogP contribution in [-0.4, -0.2) is 37.2 Å². The zero-order chi connectivity index (χ0) is 43.0. The number of rotatable bonds is 43. The lowest BCUT2D eigenvalue weighted by Crippen LogP contribution is -2.30. The monoisotopic (exact) mass is 823 g/mol. The third kappa shape index (κ3) is 45.8. The fourth-order valence-corrected chi connectivity index (χ4v) is 6.58. The van der Waals surface area contributed by atoms with Crippen LogP contribution in [0, 0.1) is 0 Å². The summed E-state index contributed by atoms with van der Waals surface area (Å²) in [6, 6.07) is 0. The second kappa shape index (κ2) is 47.5. The van der Waals surface area contributed by atoms with Crippen LogP contribution in [0.15, 0.2) is 72.9 Å². The van der Waals surface area contributed by atoms with Gasteiger partial charge in [-0.15, -0.1) is 0 Å². The first-order valence-corrected chi connectivity index (χ1v) is 24.4. The molecule has 0 amide bonds. The SMILES string of the molecule is CC/C=C\C/C=C\C/C=C\C/C=C\C/C=C\C/C=C\CCC(=O)OCC(COC(=O)CCCCCCCC)OC(=O)CCCCCCCCCCCCCCCCCC. The number of hydrogen-bond donors (Lipinski definition) is 0. The van der Waals surface area contributed by atoms with Crippen LogP contribution in [0.4, 0.5) is 0 Å². The predicted molar refractivity (Wildman–Crippen MR) is 251 cm³/mol. The maximum atomic E-state index is 12.7. The summed E-state index contributed by atoms with van der Waals surface area (Å²) < 4.78 is 16.6. The first-order chi connectivity index (χ1) is 29.0. The number of allylic oxidation sites excluding steroid dienone is 12. The van der Waals surface area contributed by atoms with E-state index >= 15 is 0 Å². The summed E-state index contributed by atoms with van der Waals surface area (Å²) in [5.74, 6) is -0.994. The molecular weight excluding hydrogens is 733 g/mol. The molecule has 0 aromatic carbocycles. The van der Waals surface area contributed by atoms with Crippen molar-refractivity contribution in [3.8, 4) is 0 Å². The second-order valence-corrected chi connectivity index (χ2v) is 16.0. The Morgan fingerprint density at radius 1 is 0.356 bits per heavy atom. The van der Waals surface area contributed by atoms with Gasteiger partial charge in [0.05, 0.1) is 0 Å². The largest absolute Gasteiger partial charge is 0.462 e. The van der Waals surface area contributed by atoms with Crippen LogP contribution in [0.5, 0.6) is 0 Å². The van der Waals surface area contributed by atoms with Crippen molar-refractivity contribution >= 4 is 17.9 Å². The topological polar surface area (TPSA) is 78.9 Å². The van der Waals surface area contributed by atoms with Gasteiger partial charge in [-0.2, -0.15) is 0 Å². The van der Waals surface area contributed by atoms with E-state index in [-0.39, 0.29) is 37.5 Å². The van der Waals surface area contributed by atoms with Gasteiger partial charge in [0.1, 0.15) is 13.2 Å². The molecule has 0 aromatic heterocycles. The summed E-state index contributed by atoms with van der Waals surface area (Å²) in [5, 5.41) is 0. The number of unbranched alkanes of at least 4 members (excludes halogenated alkanes) is 20. The zero-order valence-corrected chi connectivity index (χ0v) is 38.5. The van der Waals surface area contributed by atoms with E-state index in [2.05, 4.69) is 81.5 Å². The Morgan fingerprint density at radius 3 is 1.03 bits per heavy atom. The van der Waals surface area contributed by atoms with E-state index in [1.54, 1.807) is 0 Å². The van der Waals surface area contributed by atoms with Crippen LogP contribution in [0.2, 0.25) is 0 Å². The van der Waals surface area contributed by atoms with Crippen LogP contribution in [0.1, 0.15) is 226 Å². The summed E-state index contributed by atoms with van der Waals surface area (Å²) in [6.45, 7) is 6.40. The van der Waals surface area contributed by atoms with Crippen LogP contribution in [0.3, 0.4) is 0 Å². The summed E-state index contributed by atoms with van der Waals surface area (Å²) in [4.78, 5) is 37.6. The molecule has 338 valence electrons. The lowest BCUT2D eigenvalue weighted by molar-refractivity contribution is -0.166. The quantitative estimate of drug-likeness (QED) is 0.0264. The van der Waals surface area contributed by atoms with Crippen molar-refractivity contribution in [1.82, 2.24) is 0 Å². The molecule has 0 aliphatic rings. The van der Waals surface area contributed by atoms with Gasteiger partial charge < -0.3 is 14.2 Å². The minimum absolute atomic E-state index is 0.0974. The highest BCUT2D eigenvalue weighted by Gasteiger charge is 2.19. The number of carbonyl (C=O) groups excluding carboxylic acids is 3. The third-order valence-corrected chi connectivity index (χ3v) is 10.2. The van der Waals surface area contributed by atoms with E-state index in [4.69, 9.17) is 14.2 Å². The van der Waals surface area contributed by atoms with Gasteiger partial charge in [0.25, 0.3) is 0 Å². The predicted octanol–water partition coefficient (Wildman–Crippen LogP) is 15.9. The molecule has 6 heteroatoms. The average molecular weight is 823 g/mol. The number of ether oxygens (including phenoxy) is 3. The lowest BCUT2D eigenvalue weighted by atomic mass is 10.0. The molecule has 0 heterocycles. The molecular formula is C53H90O6. The molecule has 6 nitrogen and oxygen atoms in total. The second-order valence-electron chi connectivity index (χ2n) is 16.0. The minimum atomic E-state index is -0.799. The number of hydrogen-bond acceptors (Lipinski definition) is 6. The average Bonchev–Trinajstić information content (AvgIpc) is 3.23. The van der Waals surface area contributed by atoms with Crippen molar-refractivity contribution in [2.24, 2.45) is 0 Å². The first kappa shape index (κ1) is 55.9. The molecule has 1 unspecified atom stereocenters. The van der Waals surface area contributed by atoms with Gasteiger partial charge >= 0.3 is 17.9 Å². The van der Waals surface area contributed by atoms with Gasteiger partial charge in [-0.1, -0.05) is 222 Å². The molecule has 0 fully saturated rings. The molecule has 0 saturated heterocycles. The molecule has 0 bridgehead atoms. The van der Waals surface area contributed by atoms with Crippen molar-refractivity contribution in [3.05, 3.63) is 72.9 Å². The molecule has 1 atom stereocenters. The Labute approximate surface area is 363 Å². The van der Waals surface area contributed by atoms with Crippen molar-refractivity contribution in [2.45, 2.75) is 232 Å². The summed E-state index contributed by atoms with van der Waals surface area (Å²) in [5.41, 5.74) is 0. The van der Waals surface area contributed by atoms with Crippen LogP contribution in [-0.2, 0) is 28.6 Å². The van der Waals surface area contributed by atoms with E-state index in [0.29, 0.717) is 19.3 Å². The molecule has 59 heavy (non-hydrogen) atoms. The highest BCUT2D eigenvalue weighted by molar-refractivity contribution is 5.71. The Balaban J connectivity index is 4.35. The van der Waals surface area contributed by atoms with Crippen LogP contribution in [0.25, 0.3) is 0 Å². The summed E-state index contributed by atoms with van der Waals surface area (Å²) >= 11 is 0. The normalized spacial score (nSPS) is 12.7. The fraction of sp³-hybridized carbons (Fsp3) is 0.717. The van der Waals surface area contributed by atoms with Gasteiger partial charge in [0.15, 0.2) is 6.10 Å². The molecule has 0 N–H and O–H groups in total. The summed E-state index contributed by atoms with van der Waals surface area (Å²) in [6.07, 6.45) is 59.2. The maximum absolute atomic E-state index is 12.7. The van der Waals surface area contributed by atoms with Crippen molar-refractivity contribution in [2.75, 3.05) is 13.2 Å². The number of carbonyl (C=O) groups is 3. The minimum Gasteiger partial charge on any atom is -0.462 e. The van der Waals surface area contributed by atoms with Crippen molar-refractivity contribution in [3.63, 3.8) is 0 Å². The first-order valence-electron chi connectivity index (χ1n) is 24.4. The highest BCUT2D eigenvalue weighted by Crippen LogP contribution is 2.15. The van der Waals surface area contributed by atoms with Crippen LogP contribution >= 0.6 is 0 Å². The zero-order valence-electron chi connectivity index (χ0n) is 38.5. The Hall–Kier alpha value is -3.15. The van der Waals surface area contributed by atoms with E-state index in [1.807, 2.05) is 12.2 Å². The molecule has 0 spiro atoms. The van der Waals surface area contributed by atoms with E-state index < -0.39 is 6.10 Å². The molecule has 0 rings (SSSR count). The molecule has 0 aliphatic heterocycles. The van der Waals surface area contributed by atoms with Gasteiger partial charge in [-0.3, -0.25) is 14.4 Å². The maximum Gasteiger partial charge on any atom is 0.306 e. The van der Waals surface area contributed by atoms with E-state index in [1.165, 1.54) is 103 Å². The lowest BCUT2D eigenvalue weighted by Gasteiger charge is -2.18. The Morgan fingerprint density at radius 2 is 0.661 bits per heavy atom. The molecule has 0 aliphatic carbocycles. The van der Waals surface area contributed by atoms with Gasteiger partial charge in [0.2, 0.25) is 0 Å².